The van der Waals surface area contributed by atoms with Crippen LogP contribution in [0.4, 0.5) is 4.39 Å². The largest absolute Gasteiger partial charge is 0.507 e. The van der Waals surface area contributed by atoms with Crippen LogP contribution in [0, 0.1) is 5.41 Å². The quantitative estimate of drug-likeness (QED) is 0.731. The van der Waals surface area contributed by atoms with E-state index in [0.717, 1.165) is 12.8 Å². The van der Waals surface area contributed by atoms with E-state index in [4.69, 9.17) is 5.73 Å². The highest BCUT2D eigenvalue weighted by Gasteiger charge is 2.26. The van der Waals surface area contributed by atoms with Crippen LogP contribution in [0.15, 0.2) is 47.1 Å². The molecule has 1 amide bonds. The molecule has 0 unspecified atom stereocenters. The van der Waals surface area contributed by atoms with E-state index in [1.165, 1.54) is 35.8 Å². The van der Waals surface area contributed by atoms with Crippen LogP contribution in [0.3, 0.4) is 0 Å². The van der Waals surface area contributed by atoms with Gasteiger partial charge in [0.2, 0.25) is 5.91 Å². The van der Waals surface area contributed by atoms with Gasteiger partial charge in [-0.2, -0.15) is 0 Å². The summed E-state index contributed by atoms with van der Waals surface area (Å²) in [5.74, 6) is -1.48. The van der Waals surface area contributed by atoms with Crippen molar-refractivity contribution in [3.63, 3.8) is 0 Å². The van der Waals surface area contributed by atoms with Crippen molar-refractivity contribution in [2.75, 3.05) is 0 Å². The molecule has 0 heterocycles. The van der Waals surface area contributed by atoms with E-state index in [-0.39, 0.29) is 22.3 Å². The molecule has 0 aromatic heterocycles. The first-order valence-electron chi connectivity index (χ1n) is 8.51. The molecule has 0 spiro atoms. The van der Waals surface area contributed by atoms with Crippen molar-refractivity contribution in [3.8, 4) is 5.75 Å². The van der Waals surface area contributed by atoms with E-state index < -0.39 is 11.7 Å². The molecule has 25 heavy (non-hydrogen) atoms. The summed E-state index contributed by atoms with van der Waals surface area (Å²) in [5, 5.41) is 9.99. The molecule has 0 saturated carbocycles. The average molecular weight is 343 g/mol. The number of benzene rings is 1. The van der Waals surface area contributed by atoms with Crippen LogP contribution < -0.4 is 5.73 Å². The number of phenolic OH excluding ortho intramolecular Hbond substituents is 1. The third kappa shape index (κ3) is 4.19. The van der Waals surface area contributed by atoms with Gasteiger partial charge in [0.05, 0.1) is 5.56 Å². The van der Waals surface area contributed by atoms with Gasteiger partial charge in [0.15, 0.2) is 0 Å². The maximum atomic E-state index is 14.7. The van der Waals surface area contributed by atoms with Crippen molar-refractivity contribution < 1.29 is 14.3 Å². The molecule has 1 aromatic rings. The van der Waals surface area contributed by atoms with E-state index in [1.54, 1.807) is 13.0 Å². The molecule has 0 atom stereocenters. The molecule has 0 fully saturated rings. The normalized spacial score (nSPS) is 18.4. The van der Waals surface area contributed by atoms with E-state index in [2.05, 4.69) is 20.8 Å². The minimum Gasteiger partial charge on any atom is -0.507 e. The Morgan fingerprint density at radius 2 is 2.04 bits per heavy atom. The number of primary amides is 1. The average Bonchev–Trinajstić information content (AvgIpc) is 2.52. The van der Waals surface area contributed by atoms with Crippen LogP contribution in [-0.4, -0.2) is 11.0 Å². The third-order valence-corrected chi connectivity index (χ3v) is 4.91. The molecular formula is C21H26FNO2. The van der Waals surface area contributed by atoms with Gasteiger partial charge in [-0.15, -0.1) is 0 Å². The predicted molar refractivity (Wildman–Crippen MR) is 99.8 cm³/mol. The summed E-state index contributed by atoms with van der Waals surface area (Å²) in [6.07, 6.45) is 7.11. The lowest BCUT2D eigenvalue weighted by atomic mass is 9.72. The molecule has 4 heteroatoms. The number of halogens is 1. The SMILES string of the molecule is CC(C=CC1=C(C)CCCC1(C)C)=C(F)c1ccc(C(N)=O)cc1O. The zero-order chi connectivity index (χ0) is 18.8. The Morgan fingerprint density at radius 1 is 1.36 bits per heavy atom. The number of carbonyl (C=O) groups excluding carboxylic acids is 1. The lowest BCUT2D eigenvalue weighted by Crippen LogP contribution is -2.19. The minimum atomic E-state index is -0.662. The van der Waals surface area contributed by atoms with Crippen LogP contribution in [-0.2, 0) is 0 Å². The Morgan fingerprint density at radius 3 is 2.60 bits per heavy atom. The van der Waals surface area contributed by atoms with Crippen molar-refractivity contribution in [2.45, 2.75) is 47.0 Å². The Balaban J connectivity index is 2.35. The number of hydrogen-bond donors (Lipinski definition) is 2. The van der Waals surface area contributed by atoms with Crippen LogP contribution in [0.2, 0.25) is 0 Å². The Kier molecular flexibility index (Phi) is 5.51. The van der Waals surface area contributed by atoms with Crippen molar-refractivity contribution in [3.05, 3.63) is 58.2 Å². The topological polar surface area (TPSA) is 63.3 Å². The second-order valence-corrected chi connectivity index (χ2v) is 7.36. The van der Waals surface area contributed by atoms with Crippen molar-refractivity contribution in [1.82, 2.24) is 0 Å². The summed E-state index contributed by atoms with van der Waals surface area (Å²) >= 11 is 0. The first kappa shape index (κ1) is 19.0. The molecule has 0 radical (unpaired) electrons. The summed E-state index contributed by atoms with van der Waals surface area (Å²) in [5.41, 5.74) is 8.46. The molecule has 134 valence electrons. The van der Waals surface area contributed by atoms with Gasteiger partial charge < -0.3 is 10.8 Å². The molecule has 1 aliphatic carbocycles. The van der Waals surface area contributed by atoms with Gasteiger partial charge in [0, 0.05) is 5.56 Å². The Bertz CT molecular complexity index is 785. The van der Waals surface area contributed by atoms with Gasteiger partial charge >= 0.3 is 0 Å². The van der Waals surface area contributed by atoms with Gasteiger partial charge in [-0.05, 0) is 67.9 Å². The fourth-order valence-corrected chi connectivity index (χ4v) is 3.37. The number of phenols is 1. The van der Waals surface area contributed by atoms with Gasteiger partial charge in [0.25, 0.3) is 0 Å². The molecule has 1 aromatic carbocycles. The summed E-state index contributed by atoms with van der Waals surface area (Å²) in [4.78, 5) is 11.1. The van der Waals surface area contributed by atoms with E-state index in [9.17, 15) is 14.3 Å². The number of rotatable bonds is 4. The fourth-order valence-electron chi connectivity index (χ4n) is 3.37. The number of carbonyl (C=O) groups is 1. The zero-order valence-corrected chi connectivity index (χ0v) is 15.3. The summed E-state index contributed by atoms with van der Waals surface area (Å²) in [6.45, 7) is 8.21. The van der Waals surface area contributed by atoms with E-state index >= 15 is 0 Å². The first-order valence-corrected chi connectivity index (χ1v) is 8.51. The van der Waals surface area contributed by atoms with Crippen molar-refractivity contribution >= 4 is 11.7 Å². The van der Waals surface area contributed by atoms with Crippen LogP contribution in [0.1, 0.15) is 62.9 Å². The van der Waals surface area contributed by atoms with Gasteiger partial charge in [0.1, 0.15) is 11.6 Å². The number of allylic oxidation sites excluding steroid dienone is 5. The van der Waals surface area contributed by atoms with E-state index in [1.807, 2.05) is 6.08 Å². The minimum absolute atomic E-state index is 0.0563. The van der Waals surface area contributed by atoms with Gasteiger partial charge in [-0.3, -0.25) is 4.79 Å². The van der Waals surface area contributed by atoms with Crippen LogP contribution in [0.5, 0.6) is 5.75 Å². The molecule has 1 aliphatic rings. The molecule has 0 saturated heterocycles. The Hall–Kier alpha value is -2.36. The highest BCUT2D eigenvalue weighted by atomic mass is 19.1. The van der Waals surface area contributed by atoms with Gasteiger partial charge in [-0.25, -0.2) is 4.39 Å². The third-order valence-electron chi connectivity index (χ3n) is 4.91. The number of amides is 1. The maximum Gasteiger partial charge on any atom is 0.248 e. The Labute approximate surface area is 148 Å². The highest BCUT2D eigenvalue weighted by Crippen LogP contribution is 2.41. The smallest absolute Gasteiger partial charge is 0.248 e. The molecule has 3 nitrogen and oxygen atoms in total. The monoisotopic (exact) mass is 343 g/mol. The second-order valence-electron chi connectivity index (χ2n) is 7.36. The molecule has 2 rings (SSSR count). The summed E-state index contributed by atoms with van der Waals surface area (Å²) in [6, 6.07) is 3.97. The van der Waals surface area contributed by atoms with Crippen molar-refractivity contribution in [1.29, 1.82) is 0 Å². The highest BCUT2D eigenvalue weighted by molar-refractivity contribution is 5.93. The molecule has 0 bridgehead atoms. The molecule has 0 aliphatic heterocycles. The predicted octanol–water partition coefficient (Wildman–Crippen LogP) is 5.27. The van der Waals surface area contributed by atoms with E-state index in [0.29, 0.717) is 5.57 Å². The molecular weight excluding hydrogens is 317 g/mol. The first-order chi connectivity index (χ1) is 11.6. The lowest BCUT2D eigenvalue weighted by molar-refractivity contribution is 0.1000. The second kappa shape index (κ2) is 7.26. The standard InChI is InChI=1S/C21H26FNO2/c1-13-6-5-11-21(3,4)17(13)10-7-14(2)19(22)16-9-8-15(20(23)25)12-18(16)24/h7-10,12,24H,5-6,11H2,1-4H3,(H2,23,25). The number of aromatic hydroxyl groups is 1. The summed E-state index contributed by atoms with van der Waals surface area (Å²) < 4.78 is 14.7. The maximum absolute atomic E-state index is 14.7. The number of nitrogens with two attached hydrogens (primary N) is 1. The van der Waals surface area contributed by atoms with Gasteiger partial charge in [-0.1, -0.05) is 31.6 Å². The fraction of sp³-hybridized carbons (Fsp3) is 0.381. The van der Waals surface area contributed by atoms with Crippen LogP contribution >= 0.6 is 0 Å². The van der Waals surface area contributed by atoms with Crippen molar-refractivity contribution in [2.24, 2.45) is 11.1 Å². The zero-order valence-electron chi connectivity index (χ0n) is 15.3. The number of hydrogen-bond acceptors (Lipinski definition) is 2. The lowest BCUT2D eigenvalue weighted by Gasteiger charge is -2.33. The molecule has 3 N–H and O–H groups in total. The summed E-state index contributed by atoms with van der Waals surface area (Å²) in [7, 11) is 0. The van der Waals surface area contributed by atoms with Crippen LogP contribution in [0.25, 0.3) is 5.83 Å².